The van der Waals surface area contributed by atoms with Crippen LogP contribution in [-0.2, 0) is 4.74 Å². The number of rotatable bonds is 4. The number of ether oxygens (including phenoxy) is 1. The second-order valence-electron chi connectivity index (χ2n) is 5.03. The summed E-state index contributed by atoms with van der Waals surface area (Å²) in [4.78, 5) is 2.39. The number of nitrogens with zero attached hydrogens (tertiary/aromatic N) is 1. The fourth-order valence-corrected chi connectivity index (χ4v) is 1.67. The van der Waals surface area contributed by atoms with Crippen LogP contribution in [0.1, 0.15) is 27.2 Å². The van der Waals surface area contributed by atoms with Crippen molar-refractivity contribution in [2.45, 2.75) is 33.3 Å². The molecule has 0 radical (unpaired) electrons. The SMILES string of the molecule is CC1CN(CCC(C)(C)C(=N)N)CCO1. The topological polar surface area (TPSA) is 62.3 Å². The Morgan fingerprint density at radius 2 is 2.27 bits per heavy atom. The van der Waals surface area contributed by atoms with Crippen molar-refractivity contribution >= 4 is 5.84 Å². The van der Waals surface area contributed by atoms with Gasteiger partial charge in [0.05, 0.1) is 18.5 Å². The Bertz CT molecular complexity index is 228. The predicted octanol–water partition coefficient (Wildman–Crippen LogP) is 1.06. The first kappa shape index (κ1) is 12.5. The molecule has 1 rings (SSSR count). The number of nitrogens with one attached hydrogen (secondary N) is 1. The van der Waals surface area contributed by atoms with Crippen LogP contribution in [0.2, 0.25) is 0 Å². The molecule has 1 unspecified atom stereocenters. The molecular formula is C11H23N3O. The zero-order chi connectivity index (χ0) is 11.5. The molecule has 0 aromatic heterocycles. The van der Waals surface area contributed by atoms with E-state index in [-0.39, 0.29) is 11.3 Å². The molecule has 0 spiro atoms. The summed E-state index contributed by atoms with van der Waals surface area (Å²) in [6.07, 6.45) is 1.27. The number of hydrogen-bond acceptors (Lipinski definition) is 3. The lowest BCUT2D eigenvalue weighted by Crippen LogP contribution is -2.43. The van der Waals surface area contributed by atoms with Crippen LogP contribution in [0.4, 0.5) is 0 Å². The minimum absolute atomic E-state index is 0.179. The first-order valence-corrected chi connectivity index (χ1v) is 5.60. The third-order valence-electron chi connectivity index (χ3n) is 3.11. The van der Waals surface area contributed by atoms with Crippen LogP contribution in [0.5, 0.6) is 0 Å². The van der Waals surface area contributed by atoms with Gasteiger partial charge in [-0.3, -0.25) is 10.3 Å². The second-order valence-corrected chi connectivity index (χ2v) is 5.03. The summed E-state index contributed by atoms with van der Waals surface area (Å²) in [7, 11) is 0. The highest BCUT2D eigenvalue weighted by atomic mass is 16.5. The highest BCUT2D eigenvalue weighted by Gasteiger charge is 2.24. The van der Waals surface area contributed by atoms with E-state index in [2.05, 4.69) is 11.8 Å². The standard InChI is InChI=1S/C11H23N3O/c1-9-8-14(6-7-15-9)5-4-11(2,3)10(12)13/h9H,4-8H2,1-3H3,(H3,12,13). The van der Waals surface area contributed by atoms with Gasteiger partial charge in [-0.1, -0.05) is 13.8 Å². The van der Waals surface area contributed by atoms with E-state index in [9.17, 15) is 0 Å². The third-order valence-corrected chi connectivity index (χ3v) is 3.11. The number of nitrogens with two attached hydrogens (primary N) is 1. The zero-order valence-corrected chi connectivity index (χ0v) is 10.0. The summed E-state index contributed by atoms with van der Waals surface area (Å²) < 4.78 is 5.48. The van der Waals surface area contributed by atoms with E-state index in [1.165, 1.54) is 0 Å². The molecule has 4 heteroatoms. The molecule has 15 heavy (non-hydrogen) atoms. The maximum atomic E-state index is 7.49. The molecule has 0 bridgehead atoms. The van der Waals surface area contributed by atoms with E-state index in [0.29, 0.717) is 6.10 Å². The van der Waals surface area contributed by atoms with Gasteiger partial charge in [0, 0.05) is 18.5 Å². The van der Waals surface area contributed by atoms with E-state index < -0.39 is 0 Å². The van der Waals surface area contributed by atoms with Gasteiger partial charge in [-0.05, 0) is 19.9 Å². The molecular weight excluding hydrogens is 190 g/mol. The summed E-state index contributed by atoms with van der Waals surface area (Å²) >= 11 is 0. The van der Waals surface area contributed by atoms with Crippen molar-refractivity contribution in [2.75, 3.05) is 26.2 Å². The van der Waals surface area contributed by atoms with E-state index in [4.69, 9.17) is 15.9 Å². The average Bonchev–Trinajstić information content (AvgIpc) is 2.15. The van der Waals surface area contributed by atoms with Crippen LogP contribution in [0, 0.1) is 10.8 Å². The van der Waals surface area contributed by atoms with Gasteiger partial charge in [0.25, 0.3) is 0 Å². The molecule has 88 valence electrons. The number of amidine groups is 1. The van der Waals surface area contributed by atoms with Gasteiger partial charge in [-0.2, -0.15) is 0 Å². The van der Waals surface area contributed by atoms with Crippen LogP contribution >= 0.6 is 0 Å². The highest BCUT2D eigenvalue weighted by Crippen LogP contribution is 2.20. The van der Waals surface area contributed by atoms with Gasteiger partial charge in [0.2, 0.25) is 0 Å². The highest BCUT2D eigenvalue weighted by molar-refractivity contribution is 5.82. The zero-order valence-electron chi connectivity index (χ0n) is 10.0. The Kier molecular flexibility index (Phi) is 4.11. The molecule has 1 saturated heterocycles. The molecule has 0 amide bonds. The van der Waals surface area contributed by atoms with Crippen molar-refractivity contribution in [1.29, 1.82) is 5.41 Å². The van der Waals surface area contributed by atoms with Gasteiger partial charge < -0.3 is 10.5 Å². The Hall–Kier alpha value is -0.610. The van der Waals surface area contributed by atoms with E-state index in [1.807, 2.05) is 13.8 Å². The Morgan fingerprint density at radius 1 is 1.60 bits per heavy atom. The Morgan fingerprint density at radius 3 is 2.80 bits per heavy atom. The first-order valence-electron chi connectivity index (χ1n) is 5.60. The van der Waals surface area contributed by atoms with E-state index in [1.54, 1.807) is 0 Å². The quantitative estimate of drug-likeness (QED) is 0.542. The molecule has 1 aliphatic rings. The summed E-state index contributed by atoms with van der Waals surface area (Å²) in [6, 6.07) is 0. The fourth-order valence-electron chi connectivity index (χ4n) is 1.67. The predicted molar refractivity (Wildman–Crippen MR) is 62.2 cm³/mol. The van der Waals surface area contributed by atoms with E-state index >= 15 is 0 Å². The van der Waals surface area contributed by atoms with Crippen molar-refractivity contribution in [1.82, 2.24) is 4.90 Å². The lowest BCUT2D eigenvalue weighted by atomic mass is 9.88. The molecule has 1 fully saturated rings. The maximum absolute atomic E-state index is 7.49. The van der Waals surface area contributed by atoms with Gasteiger partial charge in [0.1, 0.15) is 0 Å². The van der Waals surface area contributed by atoms with Crippen LogP contribution in [0.25, 0.3) is 0 Å². The van der Waals surface area contributed by atoms with Crippen LogP contribution < -0.4 is 5.73 Å². The summed E-state index contributed by atoms with van der Waals surface area (Å²) in [5.74, 6) is 0.281. The summed E-state index contributed by atoms with van der Waals surface area (Å²) in [5, 5.41) is 7.49. The van der Waals surface area contributed by atoms with Crippen molar-refractivity contribution in [2.24, 2.45) is 11.1 Å². The van der Waals surface area contributed by atoms with Gasteiger partial charge in [-0.15, -0.1) is 0 Å². The van der Waals surface area contributed by atoms with Gasteiger partial charge in [0.15, 0.2) is 0 Å². The van der Waals surface area contributed by atoms with Crippen molar-refractivity contribution in [3.8, 4) is 0 Å². The molecule has 1 atom stereocenters. The lowest BCUT2D eigenvalue weighted by Gasteiger charge is -2.33. The molecule has 0 saturated carbocycles. The Labute approximate surface area is 92.3 Å². The van der Waals surface area contributed by atoms with Crippen molar-refractivity contribution in [3.63, 3.8) is 0 Å². The molecule has 0 aromatic carbocycles. The minimum atomic E-state index is -0.179. The largest absolute Gasteiger partial charge is 0.387 e. The van der Waals surface area contributed by atoms with Gasteiger partial charge >= 0.3 is 0 Å². The third kappa shape index (κ3) is 3.80. The molecule has 0 aromatic rings. The van der Waals surface area contributed by atoms with Crippen LogP contribution in [0.15, 0.2) is 0 Å². The van der Waals surface area contributed by atoms with Crippen molar-refractivity contribution in [3.05, 3.63) is 0 Å². The monoisotopic (exact) mass is 213 g/mol. The van der Waals surface area contributed by atoms with Crippen LogP contribution in [0.3, 0.4) is 0 Å². The fraction of sp³-hybridized carbons (Fsp3) is 0.909. The molecule has 1 heterocycles. The molecule has 3 N–H and O–H groups in total. The number of hydrogen-bond donors (Lipinski definition) is 2. The normalized spacial score (nSPS) is 24.1. The minimum Gasteiger partial charge on any atom is -0.387 e. The van der Waals surface area contributed by atoms with Gasteiger partial charge in [-0.25, -0.2) is 0 Å². The molecule has 1 aliphatic heterocycles. The maximum Gasteiger partial charge on any atom is 0.0963 e. The second kappa shape index (κ2) is 4.94. The first-order chi connectivity index (χ1) is 6.92. The Balaban J connectivity index is 2.33. The molecule has 4 nitrogen and oxygen atoms in total. The summed E-state index contributed by atoms with van der Waals surface area (Å²) in [6.45, 7) is 9.97. The van der Waals surface area contributed by atoms with E-state index in [0.717, 1.165) is 32.7 Å². The van der Waals surface area contributed by atoms with Crippen molar-refractivity contribution < 1.29 is 4.74 Å². The summed E-state index contributed by atoms with van der Waals surface area (Å²) in [5.41, 5.74) is 5.37. The number of morpholine rings is 1. The van der Waals surface area contributed by atoms with Crippen LogP contribution in [-0.4, -0.2) is 43.1 Å². The lowest BCUT2D eigenvalue weighted by molar-refractivity contribution is -0.0201. The molecule has 0 aliphatic carbocycles. The average molecular weight is 213 g/mol. The smallest absolute Gasteiger partial charge is 0.0963 e.